The summed E-state index contributed by atoms with van der Waals surface area (Å²) in [6.07, 6.45) is 4.31. The fourth-order valence-corrected chi connectivity index (χ4v) is 3.97. The Labute approximate surface area is 219 Å². The Hall–Kier alpha value is -5.79. The highest BCUT2D eigenvalue weighted by Crippen LogP contribution is 2.16. The number of carbonyl (C=O) groups excluding carboxylic acids is 3. The van der Waals surface area contributed by atoms with Crippen molar-refractivity contribution >= 4 is 35.3 Å². The molecule has 0 fully saturated rings. The molecule has 12 heteroatoms. The lowest BCUT2D eigenvalue weighted by Crippen LogP contribution is -2.54. The lowest BCUT2D eigenvalue weighted by molar-refractivity contribution is 0.492. The van der Waals surface area contributed by atoms with Crippen LogP contribution >= 0.6 is 0 Å². The van der Waals surface area contributed by atoms with E-state index in [-0.39, 0.29) is 36.7 Å². The number of nitrogens with zero attached hydrogens (tertiary/aromatic N) is 6. The predicted octanol–water partition coefficient (Wildman–Crippen LogP) is 2.22. The van der Waals surface area contributed by atoms with Crippen LogP contribution in [0.15, 0.2) is 102 Å². The molecule has 3 aromatic carbocycles. The molecule has 0 aliphatic carbocycles. The van der Waals surface area contributed by atoms with Crippen molar-refractivity contribution in [2.75, 3.05) is 0 Å². The number of isocyanates is 3. The van der Waals surface area contributed by atoms with E-state index in [0.717, 1.165) is 13.7 Å². The second-order valence-corrected chi connectivity index (χ2v) is 8.23. The lowest BCUT2D eigenvalue weighted by Gasteiger charge is -2.15. The second-order valence-electron chi connectivity index (χ2n) is 8.23. The molecule has 0 bridgehead atoms. The van der Waals surface area contributed by atoms with E-state index < -0.39 is 17.1 Å². The lowest BCUT2D eigenvalue weighted by atomic mass is 10.2. The SMILES string of the molecule is O=C=Nc1cccc(Cn2c(=O)n(Cc3cccc(N=C=O)c3)c(=O)n(Cc3cccc(N=C=O)c3)c2=O)c1. The van der Waals surface area contributed by atoms with Crippen LogP contribution in [0.25, 0.3) is 0 Å². The minimum absolute atomic E-state index is 0.217. The van der Waals surface area contributed by atoms with Crippen LogP contribution in [0.3, 0.4) is 0 Å². The maximum Gasteiger partial charge on any atom is 0.336 e. The molecule has 0 saturated heterocycles. The van der Waals surface area contributed by atoms with Crippen LogP contribution in [-0.2, 0) is 34.0 Å². The highest BCUT2D eigenvalue weighted by Gasteiger charge is 2.17. The summed E-state index contributed by atoms with van der Waals surface area (Å²) < 4.78 is 2.68. The van der Waals surface area contributed by atoms with Gasteiger partial charge in [-0.2, -0.15) is 15.0 Å². The van der Waals surface area contributed by atoms with Gasteiger partial charge in [-0.1, -0.05) is 36.4 Å². The highest BCUT2D eigenvalue weighted by atomic mass is 16.2. The monoisotopic (exact) mass is 522 g/mol. The third-order valence-electron chi connectivity index (χ3n) is 5.66. The van der Waals surface area contributed by atoms with E-state index in [9.17, 15) is 28.8 Å². The van der Waals surface area contributed by atoms with Gasteiger partial charge in [0, 0.05) is 0 Å². The summed E-state index contributed by atoms with van der Waals surface area (Å²) >= 11 is 0. The Morgan fingerprint density at radius 3 is 1.03 bits per heavy atom. The van der Waals surface area contributed by atoms with Crippen molar-refractivity contribution in [3.05, 3.63) is 121 Å². The van der Waals surface area contributed by atoms with E-state index in [0.29, 0.717) is 16.7 Å². The van der Waals surface area contributed by atoms with E-state index in [1.165, 1.54) is 36.4 Å². The molecule has 0 unspecified atom stereocenters. The molecule has 0 aliphatic heterocycles. The van der Waals surface area contributed by atoms with E-state index in [4.69, 9.17) is 0 Å². The normalized spacial score (nSPS) is 10.2. The van der Waals surface area contributed by atoms with Gasteiger partial charge in [-0.05, 0) is 53.1 Å². The van der Waals surface area contributed by atoms with Crippen LogP contribution in [0.2, 0.25) is 0 Å². The van der Waals surface area contributed by atoms with Crippen LogP contribution in [-0.4, -0.2) is 31.9 Å². The number of rotatable bonds is 9. The molecule has 0 N–H and O–H groups in total. The molecule has 4 rings (SSSR count). The number of aromatic nitrogens is 3. The van der Waals surface area contributed by atoms with Gasteiger partial charge < -0.3 is 0 Å². The first kappa shape index (κ1) is 26.3. The van der Waals surface area contributed by atoms with Gasteiger partial charge in [-0.3, -0.25) is 0 Å². The number of benzene rings is 3. The molecule has 39 heavy (non-hydrogen) atoms. The molecule has 0 radical (unpaired) electrons. The zero-order valence-corrected chi connectivity index (χ0v) is 20.2. The van der Waals surface area contributed by atoms with Gasteiger partial charge in [0.25, 0.3) is 0 Å². The molecular formula is C27H18N6O6. The molecule has 0 spiro atoms. The van der Waals surface area contributed by atoms with Gasteiger partial charge in [0.1, 0.15) is 0 Å². The van der Waals surface area contributed by atoms with Gasteiger partial charge in [0.2, 0.25) is 18.2 Å². The maximum absolute atomic E-state index is 13.5. The quantitative estimate of drug-likeness (QED) is 0.243. The van der Waals surface area contributed by atoms with E-state index in [2.05, 4.69) is 15.0 Å². The molecule has 192 valence electrons. The first-order chi connectivity index (χ1) is 18.9. The maximum atomic E-state index is 13.5. The number of hydrogen-bond donors (Lipinski definition) is 0. The van der Waals surface area contributed by atoms with Crippen molar-refractivity contribution in [2.24, 2.45) is 15.0 Å². The van der Waals surface area contributed by atoms with Gasteiger partial charge in [0.05, 0.1) is 36.7 Å². The topological polar surface area (TPSA) is 154 Å². The third-order valence-corrected chi connectivity index (χ3v) is 5.66. The zero-order valence-electron chi connectivity index (χ0n) is 20.2. The molecular weight excluding hydrogens is 504 g/mol. The average molecular weight is 522 g/mol. The van der Waals surface area contributed by atoms with Crippen molar-refractivity contribution in [1.29, 1.82) is 0 Å². The van der Waals surface area contributed by atoms with Crippen molar-refractivity contribution in [3.63, 3.8) is 0 Å². The molecule has 0 amide bonds. The Bertz CT molecular complexity index is 1640. The number of aliphatic imine (C=N–C) groups is 3. The van der Waals surface area contributed by atoms with Gasteiger partial charge >= 0.3 is 17.1 Å². The standard InChI is InChI=1S/C27H18N6O6/c34-16-28-22-7-1-4-19(10-22)13-31-25(37)32(14-20-5-2-8-23(11-20)29-17-35)27(39)33(26(31)38)15-21-6-3-9-24(12-21)30-18-36/h1-12H,13-15H2. The minimum atomic E-state index is -0.867. The first-order valence-corrected chi connectivity index (χ1v) is 11.4. The van der Waals surface area contributed by atoms with Gasteiger partial charge in [-0.15, -0.1) is 0 Å². The number of hydrogen-bond acceptors (Lipinski definition) is 9. The summed E-state index contributed by atoms with van der Waals surface area (Å²) in [5, 5.41) is 0. The van der Waals surface area contributed by atoms with Crippen molar-refractivity contribution in [1.82, 2.24) is 13.7 Å². The molecule has 0 atom stereocenters. The predicted molar refractivity (Wildman–Crippen MR) is 139 cm³/mol. The van der Waals surface area contributed by atoms with Crippen LogP contribution in [0.1, 0.15) is 16.7 Å². The molecule has 1 heterocycles. The Morgan fingerprint density at radius 2 is 0.769 bits per heavy atom. The molecule has 0 aliphatic rings. The summed E-state index contributed by atoms with van der Waals surface area (Å²) in [6, 6.07) is 18.9. The molecule has 1 aromatic heterocycles. The van der Waals surface area contributed by atoms with Crippen LogP contribution in [0.4, 0.5) is 17.1 Å². The third kappa shape index (κ3) is 6.14. The Balaban J connectivity index is 1.88. The Morgan fingerprint density at radius 1 is 0.487 bits per heavy atom. The highest BCUT2D eigenvalue weighted by molar-refractivity contribution is 5.51. The average Bonchev–Trinajstić information content (AvgIpc) is 2.93. The molecule has 0 saturated carbocycles. The van der Waals surface area contributed by atoms with Crippen LogP contribution in [0.5, 0.6) is 0 Å². The largest absolute Gasteiger partial charge is 0.336 e. The summed E-state index contributed by atoms with van der Waals surface area (Å²) in [4.78, 5) is 83.1. The Kier molecular flexibility index (Phi) is 8.06. The van der Waals surface area contributed by atoms with Crippen LogP contribution < -0.4 is 17.1 Å². The summed E-state index contributed by atoms with van der Waals surface area (Å²) in [5.74, 6) is 0. The van der Waals surface area contributed by atoms with E-state index in [1.54, 1.807) is 54.6 Å². The van der Waals surface area contributed by atoms with Gasteiger partial charge in [0.15, 0.2) is 0 Å². The first-order valence-electron chi connectivity index (χ1n) is 11.4. The summed E-state index contributed by atoms with van der Waals surface area (Å²) in [5.41, 5.74) is -0.318. The van der Waals surface area contributed by atoms with E-state index >= 15 is 0 Å². The van der Waals surface area contributed by atoms with Crippen LogP contribution in [0, 0.1) is 0 Å². The zero-order chi connectivity index (χ0) is 27.8. The summed E-state index contributed by atoms with van der Waals surface area (Å²) in [6.45, 7) is -0.651. The summed E-state index contributed by atoms with van der Waals surface area (Å²) in [7, 11) is 0. The smallest absolute Gasteiger partial charge is 0.247 e. The van der Waals surface area contributed by atoms with Gasteiger partial charge in [-0.25, -0.2) is 42.5 Å². The fourth-order valence-electron chi connectivity index (χ4n) is 3.97. The molecule has 12 nitrogen and oxygen atoms in total. The van der Waals surface area contributed by atoms with Crippen molar-refractivity contribution in [2.45, 2.75) is 19.6 Å². The van der Waals surface area contributed by atoms with E-state index in [1.807, 2.05) is 0 Å². The van der Waals surface area contributed by atoms with Crippen molar-refractivity contribution < 1.29 is 14.4 Å². The fraction of sp³-hybridized carbons (Fsp3) is 0.111. The van der Waals surface area contributed by atoms with Crippen molar-refractivity contribution in [3.8, 4) is 0 Å². The molecule has 4 aromatic rings. The second kappa shape index (κ2) is 12.0. The minimum Gasteiger partial charge on any atom is -0.247 e.